The number of nitrogens with one attached hydrogen (secondary N) is 1. The maximum Gasteiger partial charge on any atom is 0.0641 e. The Balaban J connectivity index is 1.88. The van der Waals surface area contributed by atoms with Gasteiger partial charge in [-0.1, -0.05) is 30.3 Å². The van der Waals surface area contributed by atoms with Crippen LogP contribution in [0.3, 0.4) is 0 Å². The van der Waals surface area contributed by atoms with Crippen molar-refractivity contribution >= 4 is 0 Å². The van der Waals surface area contributed by atoms with Crippen LogP contribution in [-0.2, 0) is 0 Å². The van der Waals surface area contributed by atoms with Crippen LogP contribution in [-0.4, -0.2) is 30.6 Å². The van der Waals surface area contributed by atoms with E-state index in [1.165, 1.54) is 18.4 Å². The van der Waals surface area contributed by atoms with Gasteiger partial charge in [-0.05, 0) is 32.4 Å². The highest BCUT2D eigenvalue weighted by molar-refractivity contribution is 5.19. The van der Waals surface area contributed by atoms with E-state index in [1.54, 1.807) is 0 Å². The first-order chi connectivity index (χ1) is 9.22. The number of hydrogen-bond donors (Lipinski definition) is 1. The smallest absolute Gasteiger partial charge is 0.0641 e. The third kappa shape index (κ3) is 4.05. The van der Waals surface area contributed by atoms with Crippen LogP contribution in [0.5, 0.6) is 0 Å². The molecule has 102 valence electrons. The topological polar surface area (TPSA) is 39.1 Å². The van der Waals surface area contributed by atoms with Crippen LogP contribution in [0.1, 0.15) is 37.8 Å². The van der Waals surface area contributed by atoms with E-state index in [0.717, 1.165) is 12.6 Å². The standard InChI is InChI=1S/C16H23N3/c1-13(19(2)15-8-9-15)12-18-16(10-11-17)14-6-4-3-5-7-14/h3-7,13,15-16,18H,8-10,12H2,1-2H3. The zero-order valence-electron chi connectivity index (χ0n) is 11.8. The minimum absolute atomic E-state index is 0.140. The number of benzene rings is 1. The Hall–Kier alpha value is -1.37. The number of hydrogen-bond acceptors (Lipinski definition) is 3. The third-order valence-corrected chi connectivity index (χ3v) is 3.98. The highest BCUT2D eigenvalue weighted by Gasteiger charge is 2.29. The van der Waals surface area contributed by atoms with Gasteiger partial charge in [0.15, 0.2) is 0 Å². The molecule has 2 rings (SSSR count). The van der Waals surface area contributed by atoms with Gasteiger partial charge >= 0.3 is 0 Å². The molecule has 0 bridgehead atoms. The van der Waals surface area contributed by atoms with Gasteiger partial charge in [0.05, 0.1) is 12.5 Å². The van der Waals surface area contributed by atoms with Gasteiger partial charge in [0.25, 0.3) is 0 Å². The molecule has 0 aliphatic heterocycles. The molecule has 1 aromatic carbocycles. The molecule has 0 aromatic heterocycles. The molecule has 0 saturated heterocycles. The van der Waals surface area contributed by atoms with Crippen LogP contribution in [0.25, 0.3) is 0 Å². The van der Waals surface area contributed by atoms with Gasteiger partial charge in [-0.2, -0.15) is 5.26 Å². The average Bonchev–Trinajstić information content (AvgIpc) is 3.27. The molecule has 2 unspecified atom stereocenters. The van der Waals surface area contributed by atoms with Crippen molar-refractivity contribution in [2.24, 2.45) is 0 Å². The van der Waals surface area contributed by atoms with Gasteiger partial charge in [-0.3, -0.25) is 4.90 Å². The van der Waals surface area contributed by atoms with Crippen LogP contribution in [0, 0.1) is 11.3 Å². The summed E-state index contributed by atoms with van der Waals surface area (Å²) in [6.07, 6.45) is 3.19. The summed E-state index contributed by atoms with van der Waals surface area (Å²) in [5.74, 6) is 0. The van der Waals surface area contributed by atoms with Crippen molar-refractivity contribution in [3.63, 3.8) is 0 Å². The molecule has 1 N–H and O–H groups in total. The lowest BCUT2D eigenvalue weighted by molar-refractivity contribution is 0.236. The number of likely N-dealkylation sites (N-methyl/N-ethyl adjacent to an activating group) is 1. The van der Waals surface area contributed by atoms with E-state index < -0.39 is 0 Å². The molecule has 0 heterocycles. The monoisotopic (exact) mass is 257 g/mol. The third-order valence-electron chi connectivity index (χ3n) is 3.98. The fourth-order valence-corrected chi connectivity index (χ4v) is 2.38. The zero-order chi connectivity index (χ0) is 13.7. The van der Waals surface area contributed by atoms with Crippen LogP contribution in [0.15, 0.2) is 30.3 Å². The summed E-state index contributed by atoms with van der Waals surface area (Å²) in [5, 5.41) is 12.5. The van der Waals surface area contributed by atoms with E-state index in [0.29, 0.717) is 12.5 Å². The molecular formula is C16H23N3. The van der Waals surface area contributed by atoms with Gasteiger partial charge in [-0.15, -0.1) is 0 Å². The largest absolute Gasteiger partial charge is 0.308 e. The molecule has 0 amide bonds. The van der Waals surface area contributed by atoms with E-state index >= 15 is 0 Å². The second-order valence-corrected chi connectivity index (χ2v) is 5.48. The van der Waals surface area contributed by atoms with Gasteiger partial charge in [0.1, 0.15) is 0 Å². The minimum atomic E-state index is 0.140. The molecule has 1 aliphatic rings. The van der Waals surface area contributed by atoms with Crippen molar-refractivity contribution in [2.45, 2.75) is 44.3 Å². The van der Waals surface area contributed by atoms with Gasteiger partial charge in [-0.25, -0.2) is 0 Å². The maximum atomic E-state index is 8.97. The number of nitrogens with zero attached hydrogens (tertiary/aromatic N) is 2. The zero-order valence-corrected chi connectivity index (χ0v) is 11.8. The summed E-state index contributed by atoms with van der Waals surface area (Å²) in [6, 6.07) is 14.0. The van der Waals surface area contributed by atoms with Crippen LogP contribution in [0.2, 0.25) is 0 Å². The van der Waals surface area contributed by atoms with E-state index in [9.17, 15) is 0 Å². The SMILES string of the molecule is CC(CNC(CC#N)c1ccccc1)N(C)C1CC1. The number of rotatable bonds is 7. The molecule has 1 fully saturated rings. The Morgan fingerprint density at radius 2 is 2.05 bits per heavy atom. The van der Waals surface area contributed by atoms with E-state index in [4.69, 9.17) is 5.26 Å². The summed E-state index contributed by atoms with van der Waals surface area (Å²) in [4.78, 5) is 2.45. The first kappa shape index (κ1) is 14.0. The summed E-state index contributed by atoms with van der Waals surface area (Å²) in [6.45, 7) is 3.17. The van der Waals surface area contributed by atoms with E-state index in [-0.39, 0.29) is 6.04 Å². The molecule has 1 aromatic rings. The van der Waals surface area contributed by atoms with E-state index in [2.05, 4.69) is 42.4 Å². The van der Waals surface area contributed by atoms with Crippen LogP contribution < -0.4 is 5.32 Å². The van der Waals surface area contributed by atoms with Gasteiger partial charge < -0.3 is 5.32 Å². The van der Waals surface area contributed by atoms with Crippen LogP contribution in [0.4, 0.5) is 0 Å². The molecule has 3 nitrogen and oxygen atoms in total. The molecule has 3 heteroatoms. The lowest BCUT2D eigenvalue weighted by atomic mass is 10.0. The van der Waals surface area contributed by atoms with Crippen molar-refractivity contribution in [3.05, 3.63) is 35.9 Å². The first-order valence-electron chi connectivity index (χ1n) is 7.09. The Morgan fingerprint density at radius 3 is 2.63 bits per heavy atom. The molecule has 19 heavy (non-hydrogen) atoms. The predicted octanol–water partition coefficient (Wildman–Crippen LogP) is 2.71. The molecule has 1 aliphatic carbocycles. The molecule has 2 atom stereocenters. The lowest BCUT2D eigenvalue weighted by Gasteiger charge is -2.27. The Bertz CT molecular complexity index is 419. The normalized spacial score (nSPS) is 18.0. The average molecular weight is 257 g/mol. The quantitative estimate of drug-likeness (QED) is 0.816. The summed E-state index contributed by atoms with van der Waals surface area (Å²) in [5.41, 5.74) is 1.20. The van der Waals surface area contributed by atoms with Crippen molar-refractivity contribution in [3.8, 4) is 6.07 Å². The Kier molecular flexibility index (Phi) is 4.95. The predicted molar refractivity (Wildman–Crippen MR) is 77.7 cm³/mol. The molecule has 0 spiro atoms. The molecular weight excluding hydrogens is 234 g/mol. The highest BCUT2D eigenvalue weighted by atomic mass is 15.2. The highest BCUT2D eigenvalue weighted by Crippen LogP contribution is 2.27. The first-order valence-corrected chi connectivity index (χ1v) is 7.09. The second kappa shape index (κ2) is 6.70. The Labute approximate surface area is 116 Å². The lowest BCUT2D eigenvalue weighted by Crippen LogP contribution is -2.40. The minimum Gasteiger partial charge on any atom is -0.308 e. The van der Waals surface area contributed by atoms with Crippen LogP contribution >= 0.6 is 0 Å². The van der Waals surface area contributed by atoms with Crippen molar-refractivity contribution in [1.29, 1.82) is 5.26 Å². The summed E-state index contributed by atoms with van der Waals surface area (Å²) >= 11 is 0. The van der Waals surface area contributed by atoms with Crippen molar-refractivity contribution in [1.82, 2.24) is 10.2 Å². The summed E-state index contributed by atoms with van der Waals surface area (Å²) < 4.78 is 0. The van der Waals surface area contributed by atoms with Crippen molar-refractivity contribution < 1.29 is 0 Å². The van der Waals surface area contributed by atoms with E-state index in [1.807, 2.05) is 18.2 Å². The van der Waals surface area contributed by atoms with Crippen molar-refractivity contribution in [2.75, 3.05) is 13.6 Å². The fourth-order valence-electron chi connectivity index (χ4n) is 2.38. The van der Waals surface area contributed by atoms with Gasteiger partial charge in [0, 0.05) is 24.7 Å². The number of nitriles is 1. The second-order valence-electron chi connectivity index (χ2n) is 5.48. The maximum absolute atomic E-state index is 8.97. The molecule has 1 saturated carbocycles. The summed E-state index contributed by atoms with van der Waals surface area (Å²) in [7, 11) is 2.20. The van der Waals surface area contributed by atoms with Gasteiger partial charge in [0.2, 0.25) is 0 Å². The Morgan fingerprint density at radius 1 is 1.37 bits per heavy atom. The fraction of sp³-hybridized carbons (Fsp3) is 0.562. The molecule has 0 radical (unpaired) electrons.